The Bertz CT molecular complexity index is 659. The lowest BCUT2D eigenvalue weighted by Crippen LogP contribution is -2.41. The minimum absolute atomic E-state index is 0.409. The molecule has 1 aromatic rings. The van der Waals surface area contributed by atoms with E-state index in [-0.39, 0.29) is 0 Å². The highest BCUT2D eigenvalue weighted by Gasteiger charge is 2.37. The van der Waals surface area contributed by atoms with E-state index in [1.165, 1.54) is 12.1 Å². The molecule has 170 valence electrons. The van der Waals surface area contributed by atoms with Gasteiger partial charge in [-0.15, -0.1) is 0 Å². The Morgan fingerprint density at radius 1 is 1.17 bits per heavy atom. The molecule has 1 heterocycles. The minimum atomic E-state index is -4.36. The lowest BCUT2D eigenvalue weighted by Gasteiger charge is -2.37. The summed E-state index contributed by atoms with van der Waals surface area (Å²) in [4.78, 5) is 4.74. The molecule has 0 bridgehead atoms. The maximum absolute atomic E-state index is 13.2. The Morgan fingerprint density at radius 3 is 2.60 bits per heavy atom. The van der Waals surface area contributed by atoms with Gasteiger partial charge in [0, 0.05) is 44.9 Å². The van der Waals surface area contributed by atoms with Crippen LogP contribution in [0.2, 0.25) is 0 Å². The molecule has 8 heteroatoms. The summed E-state index contributed by atoms with van der Waals surface area (Å²) in [7, 11) is 0. The second-order valence-corrected chi connectivity index (χ2v) is 7.50. The van der Waals surface area contributed by atoms with Gasteiger partial charge in [0.1, 0.15) is 0 Å². The van der Waals surface area contributed by atoms with Gasteiger partial charge in [0.2, 0.25) is 0 Å². The normalized spacial score (nSPS) is 17.0. The molecule has 1 aliphatic heterocycles. The van der Waals surface area contributed by atoms with E-state index < -0.39 is 17.2 Å². The number of hydrogen-bond donors (Lipinski definition) is 2. The molecule has 2 rings (SSSR count). The molecular weight excluding hydrogens is 395 g/mol. The molecule has 0 spiro atoms. The molecule has 0 aliphatic carbocycles. The first-order valence-electron chi connectivity index (χ1n) is 10.8. The molecule has 0 amide bonds. The van der Waals surface area contributed by atoms with E-state index in [0.717, 1.165) is 38.7 Å². The highest BCUT2D eigenvalue weighted by atomic mass is 19.4. The largest absolute Gasteiger partial charge is 0.416 e. The summed E-state index contributed by atoms with van der Waals surface area (Å²) < 4.78 is 50.6. The summed E-state index contributed by atoms with van der Waals surface area (Å²) in [6.45, 7) is 8.35. The zero-order valence-electron chi connectivity index (χ0n) is 18.0. The van der Waals surface area contributed by atoms with Crippen molar-refractivity contribution in [1.29, 1.82) is 0 Å². The first kappa shape index (κ1) is 24.5. The number of alkyl halides is 3. The number of ether oxygens (including phenoxy) is 2. The lowest BCUT2D eigenvalue weighted by molar-refractivity contribution is -0.137. The molecule has 5 nitrogen and oxygen atoms in total. The van der Waals surface area contributed by atoms with Crippen molar-refractivity contribution in [3.05, 3.63) is 35.4 Å². The maximum atomic E-state index is 13.2. The van der Waals surface area contributed by atoms with Gasteiger partial charge in [0.15, 0.2) is 5.96 Å². The third kappa shape index (κ3) is 7.47. The fourth-order valence-corrected chi connectivity index (χ4v) is 3.58. The van der Waals surface area contributed by atoms with Crippen LogP contribution in [0.3, 0.4) is 0 Å². The first-order chi connectivity index (χ1) is 14.4. The quantitative estimate of drug-likeness (QED) is 0.334. The van der Waals surface area contributed by atoms with Crippen LogP contribution in [0.25, 0.3) is 0 Å². The smallest absolute Gasteiger partial charge is 0.382 e. The van der Waals surface area contributed by atoms with Crippen molar-refractivity contribution in [3.8, 4) is 0 Å². The van der Waals surface area contributed by atoms with E-state index in [2.05, 4.69) is 10.6 Å². The van der Waals surface area contributed by atoms with Crippen LogP contribution in [-0.4, -0.2) is 52.0 Å². The van der Waals surface area contributed by atoms with Crippen molar-refractivity contribution >= 4 is 5.96 Å². The van der Waals surface area contributed by atoms with Gasteiger partial charge in [-0.2, -0.15) is 13.2 Å². The van der Waals surface area contributed by atoms with Crippen molar-refractivity contribution in [2.24, 2.45) is 4.99 Å². The molecule has 30 heavy (non-hydrogen) atoms. The summed E-state index contributed by atoms with van der Waals surface area (Å²) in [6, 6.07) is 5.66. The molecule has 2 N–H and O–H groups in total. The van der Waals surface area contributed by atoms with Gasteiger partial charge < -0.3 is 20.1 Å². The van der Waals surface area contributed by atoms with E-state index in [4.69, 9.17) is 14.5 Å². The van der Waals surface area contributed by atoms with Crippen LogP contribution in [-0.2, 0) is 21.1 Å². The highest BCUT2D eigenvalue weighted by Crippen LogP contribution is 2.38. The van der Waals surface area contributed by atoms with Gasteiger partial charge in [0.05, 0.1) is 12.1 Å². The monoisotopic (exact) mass is 429 g/mol. The Kier molecular flexibility index (Phi) is 9.91. The van der Waals surface area contributed by atoms with Gasteiger partial charge in [-0.05, 0) is 51.2 Å². The van der Waals surface area contributed by atoms with Crippen LogP contribution < -0.4 is 10.6 Å². The third-order valence-electron chi connectivity index (χ3n) is 5.35. The minimum Gasteiger partial charge on any atom is -0.382 e. The fourth-order valence-electron chi connectivity index (χ4n) is 3.58. The lowest BCUT2D eigenvalue weighted by atomic mass is 9.74. The van der Waals surface area contributed by atoms with E-state index in [1.807, 2.05) is 13.8 Å². The van der Waals surface area contributed by atoms with Crippen molar-refractivity contribution < 1.29 is 22.6 Å². The van der Waals surface area contributed by atoms with E-state index in [1.54, 1.807) is 6.07 Å². The zero-order valence-corrected chi connectivity index (χ0v) is 18.0. The average molecular weight is 430 g/mol. The number of unbranched alkanes of at least 4 members (excludes halogenated alkanes) is 1. The number of guanidine groups is 1. The Morgan fingerprint density at radius 2 is 1.93 bits per heavy atom. The Hall–Kier alpha value is -1.80. The van der Waals surface area contributed by atoms with Gasteiger partial charge in [-0.1, -0.05) is 18.2 Å². The first-order valence-corrected chi connectivity index (χ1v) is 10.8. The summed E-state index contributed by atoms with van der Waals surface area (Å²) in [5.74, 6) is 0.687. The van der Waals surface area contributed by atoms with E-state index in [9.17, 15) is 13.2 Å². The van der Waals surface area contributed by atoms with Gasteiger partial charge in [0.25, 0.3) is 0 Å². The second kappa shape index (κ2) is 12.2. The van der Waals surface area contributed by atoms with Crippen molar-refractivity contribution in [1.82, 2.24) is 10.6 Å². The highest BCUT2D eigenvalue weighted by molar-refractivity contribution is 5.79. The molecule has 0 aromatic heterocycles. The van der Waals surface area contributed by atoms with Crippen molar-refractivity contribution in [2.45, 2.75) is 51.1 Å². The van der Waals surface area contributed by atoms with Crippen LogP contribution in [0.5, 0.6) is 0 Å². The Balaban J connectivity index is 2.12. The summed E-state index contributed by atoms with van der Waals surface area (Å²) in [5.41, 5.74) is -0.400. The van der Waals surface area contributed by atoms with Gasteiger partial charge in [-0.3, -0.25) is 4.99 Å². The molecule has 1 aromatic carbocycles. The molecule has 1 saturated heterocycles. The summed E-state index contributed by atoms with van der Waals surface area (Å²) in [5, 5.41) is 6.54. The molecule has 1 aliphatic rings. The number of nitrogens with one attached hydrogen (secondary N) is 2. The number of benzene rings is 1. The van der Waals surface area contributed by atoms with Crippen LogP contribution in [0, 0.1) is 0 Å². The van der Waals surface area contributed by atoms with Crippen LogP contribution in [0.1, 0.15) is 50.7 Å². The van der Waals surface area contributed by atoms with E-state index >= 15 is 0 Å². The maximum Gasteiger partial charge on any atom is 0.416 e. The number of aliphatic imine (C=N–C) groups is 1. The van der Waals surface area contributed by atoms with Crippen molar-refractivity contribution in [3.63, 3.8) is 0 Å². The van der Waals surface area contributed by atoms with Crippen LogP contribution >= 0.6 is 0 Å². The number of rotatable bonds is 10. The van der Waals surface area contributed by atoms with Crippen LogP contribution in [0.15, 0.2) is 29.3 Å². The molecule has 1 fully saturated rings. The van der Waals surface area contributed by atoms with E-state index in [0.29, 0.717) is 50.7 Å². The average Bonchev–Trinajstić information content (AvgIpc) is 2.74. The number of nitrogens with zero attached hydrogens (tertiary/aromatic N) is 1. The topological polar surface area (TPSA) is 54.9 Å². The van der Waals surface area contributed by atoms with Crippen molar-refractivity contribution in [2.75, 3.05) is 46.1 Å². The zero-order chi connectivity index (χ0) is 21.9. The second-order valence-electron chi connectivity index (χ2n) is 7.50. The van der Waals surface area contributed by atoms with Gasteiger partial charge in [-0.25, -0.2) is 0 Å². The van der Waals surface area contributed by atoms with Crippen LogP contribution in [0.4, 0.5) is 13.2 Å². The predicted octanol–water partition coefficient (Wildman–Crippen LogP) is 4.13. The molecule has 0 radical (unpaired) electrons. The number of hydrogen-bond acceptors (Lipinski definition) is 3. The predicted molar refractivity (Wildman–Crippen MR) is 113 cm³/mol. The summed E-state index contributed by atoms with van der Waals surface area (Å²) >= 11 is 0. The fraction of sp³-hybridized carbons (Fsp3) is 0.682. The number of halogens is 3. The van der Waals surface area contributed by atoms with Gasteiger partial charge >= 0.3 is 6.18 Å². The standard InChI is InChI=1S/C22H34F3N3O2/c1-3-26-20(27-12-5-6-13-29-4-2)28-17-21(10-14-30-15-11-21)18-8-7-9-19(16-18)22(23,24)25/h7-9,16H,3-6,10-15,17H2,1-2H3,(H2,26,27,28). The third-order valence-corrected chi connectivity index (χ3v) is 5.35. The Labute approximate surface area is 177 Å². The molecule has 0 atom stereocenters. The summed E-state index contributed by atoms with van der Waals surface area (Å²) in [6.07, 6.45) is -1.15. The molecule has 0 unspecified atom stereocenters. The SMILES string of the molecule is CCNC(=NCC1(c2cccc(C(F)(F)F)c2)CCOCC1)NCCCCOCC. The molecule has 0 saturated carbocycles. The molecular formula is C22H34F3N3O2.